The molecule has 1 N–H and O–H groups in total. The molecule has 0 atom stereocenters. The number of nitrogens with zero attached hydrogens (tertiary/aromatic N) is 8. The van der Waals surface area contributed by atoms with Crippen molar-refractivity contribution in [1.29, 1.82) is 0 Å². The number of benzene rings is 1. The molecule has 4 heterocycles. The summed E-state index contributed by atoms with van der Waals surface area (Å²) in [7, 11) is -3.83. The van der Waals surface area contributed by atoms with Gasteiger partial charge < -0.3 is 4.90 Å². The van der Waals surface area contributed by atoms with Crippen LogP contribution >= 0.6 is 0 Å². The van der Waals surface area contributed by atoms with Crippen molar-refractivity contribution in [3.63, 3.8) is 0 Å². The van der Waals surface area contributed by atoms with E-state index < -0.39 is 15.8 Å². The second-order valence-corrected chi connectivity index (χ2v) is 9.40. The number of amides is 1. The van der Waals surface area contributed by atoms with Gasteiger partial charge in [-0.3, -0.25) is 4.79 Å². The van der Waals surface area contributed by atoms with Crippen LogP contribution in [0.15, 0.2) is 29.3 Å². The number of sulfonamides is 1. The van der Waals surface area contributed by atoms with Crippen LogP contribution in [0.4, 0.5) is 4.39 Å². The number of carbonyl (C=O) groups is 1. The molecular weight excluding hydrogens is 429 g/mol. The summed E-state index contributed by atoms with van der Waals surface area (Å²) in [6.07, 6.45) is 3.15. The van der Waals surface area contributed by atoms with E-state index in [0.717, 1.165) is 12.5 Å². The number of H-pyrrole nitrogens is 1. The highest BCUT2D eigenvalue weighted by Gasteiger charge is 2.39. The number of rotatable bonds is 6. The second kappa shape index (κ2) is 7.46. The molecule has 5 rings (SSSR count). The molecule has 0 radical (unpaired) electrons. The maximum atomic E-state index is 14.1. The van der Waals surface area contributed by atoms with Crippen molar-refractivity contribution in [1.82, 2.24) is 44.8 Å². The van der Waals surface area contributed by atoms with Crippen LogP contribution in [0.5, 0.6) is 0 Å². The molecule has 2 aliphatic rings. The minimum Gasteiger partial charge on any atom is -0.337 e. The Labute approximate surface area is 176 Å². The van der Waals surface area contributed by atoms with Crippen molar-refractivity contribution >= 4 is 15.9 Å². The summed E-state index contributed by atoms with van der Waals surface area (Å²) in [5.41, 5.74) is 0.615. The highest BCUT2D eigenvalue weighted by Crippen LogP contribution is 2.30. The number of hydrogen-bond donors (Lipinski definition) is 1. The Morgan fingerprint density at radius 1 is 1.23 bits per heavy atom. The maximum absolute atomic E-state index is 14.1. The number of tetrazole rings is 1. The number of hydrogen-bond acceptors (Lipinski definition) is 8. The molecule has 2 saturated heterocycles. The van der Waals surface area contributed by atoms with Crippen LogP contribution in [0.25, 0.3) is 11.4 Å². The van der Waals surface area contributed by atoms with E-state index in [2.05, 4.69) is 30.9 Å². The van der Waals surface area contributed by atoms with E-state index in [1.807, 2.05) is 0 Å². The summed E-state index contributed by atoms with van der Waals surface area (Å²) in [6, 6.07) is 3.31. The Morgan fingerprint density at radius 3 is 2.77 bits per heavy atom. The minimum absolute atomic E-state index is 0.0253. The summed E-state index contributed by atoms with van der Waals surface area (Å²) in [5, 5.41) is 21.2. The zero-order valence-electron chi connectivity index (χ0n) is 16.2. The predicted molar refractivity (Wildman–Crippen MR) is 102 cm³/mol. The van der Waals surface area contributed by atoms with E-state index in [-0.39, 0.29) is 41.3 Å². The van der Waals surface area contributed by atoms with Crippen LogP contribution in [0, 0.1) is 5.82 Å². The summed E-state index contributed by atoms with van der Waals surface area (Å²) >= 11 is 0. The van der Waals surface area contributed by atoms with Crippen molar-refractivity contribution in [2.24, 2.45) is 0 Å². The molecule has 0 saturated carbocycles. The van der Waals surface area contributed by atoms with Gasteiger partial charge in [-0.25, -0.2) is 17.5 Å². The molecule has 2 aromatic heterocycles. The Hall–Kier alpha value is -3.26. The summed E-state index contributed by atoms with van der Waals surface area (Å²) < 4.78 is 42.9. The molecular formula is C17H18FN9O3S. The Bertz CT molecular complexity index is 1220. The van der Waals surface area contributed by atoms with E-state index in [1.54, 1.807) is 15.8 Å². The van der Waals surface area contributed by atoms with Crippen LogP contribution in [-0.4, -0.2) is 78.8 Å². The Balaban J connectivity index is 1.27. The van der Waals surface area contributed by atoms with Gasteiger partial charge in [0.25, 0.3) is 0 Å². The van der Waals surface area contributed by atoms with Gasteiger partial charge in [0, 0.05) is 26.1 Å². The van der Waals surface area contributed by atoms with Crippen LogP contribution in [-0.2, 0) is 21.4 Å². The number of carbonyl (C=O) groups excluding carboxylic acids is 1. The largest absolute Gasteiger partial charge is 0.337 e. The smallest absolute Gasteiger partial charge is 0.243 e. The molecule has 0 bridgehead atoms. The average molecular weight is 447 g/mol. The van der Waals surface area contributed by atoms with E-state index >= 15 is 0 Å². The van der Waals surface area contributed by atoms with Gasteiger partial charge in [0.05, 0.1) is 29.2 Å². The number of nitrogens with one attached hydrogen (secondary N) is 1. The Morgan fingerprint density at radius 2 is 2.06 bits per heavy atom. The fourth-order valence-electron chi connectivity index (χ4n) is 3.67. The molecule has 1 amide bonds. The van der Waals surface area contributed by atoms with Crippen molar-refractivity contribution in [3.05, 3.63) is 35.9 Å². The number of likely N-dealkylation sites (tertiary alicyclic amines) is 1. The normalized spacial score (nSPS) is 18.0. The van der Waals surface area contributed by atoms with Gasteiger partial charge >= 0.3 is 0 Å². The molecule has 2 aliphatic heterocycles. The molecule has 2 fully saturated rings. The first-order valence-corrected chi connectivity index (χ1v) is 11.1. The molecule has 0 aliphatic carbocycles. The first kappa shape index (κ1) is 19.7. The van der Waals surface area contributed by atoms with Crippen LogP contribution < -0.4 is 0 Å². The maximum Gasteiger partial charge on any atom is 0.243 e. The highest BCUT2D eigenvalue weighted by molar-refractivity contribution is 7.89. The van der Waals surface area contributed by atoms with Gasteiger partial charge in [0.1, 0.15) is 11.5 Å². The van der Waals surface area contributed by atoms with Crippen molar-refractivity contribution in [2.75, 3.05) is 19.6 Å². The predicted octanol–water partition coefficient (Wildman–Crippen LogP) is -0.0347. The first-order valence-electron chi connectivity index (χ1n) is 9.64. The first-order chi connectivity index (χ1) is 14.9. The third kappa shape index (κ3) is 3.57. The zero-order valence-corrected chi connectivity index (χ0v) is 17.0. The molecule has 14 heteroatoms. The number of halogens is 1. The van der Waals surface area contributed by atoms with E-state index in [1.165, 1.54) is 16.4 Å². The lowest BCUT2D eigenvalue weighted by Gasteiger charge is -2.37. The van der Waals surface area contributed by atoms with Gasteiger partial charge in [-0.05, 0) is 29.8 Å². The quantitative estimate of drug-likeness (QED) is 0.555. The molecule has 31 heavy (non-hydrogen) atoms. The van der Waals surface area contributed by atoms with Crippen LogP contribution in [0.1, 0.15) is 24.6 Å². The average Bonchev–Trinajstić information content (AvgIpc) is 3.45. The van der Waals surface area contributed by atoms with E-state index in [4.69, 9.17) is 0 Å². The molecule has 162 valence electrons. The van der Waals surface area contributed by atoms with Crippen molar-refractivity contribution in [2.45, 2.75) is 30.3 Å². The van der Waals surface area contributed by atoms with Gasteiger partial charge in [0.2, 0.25) is 21.8 Å². The number of aromatic amines is 1. The third-order valence-corrected chi connectivity index (χ3v) is 7.27. The zero-order chi connectivity index (χ0) is 21.6. The van der Waals surface area contributed by atoms with Gasteiger partial charge in [-0.2, -0.15) is 9.52 Å². The summed E-state index contributed by atoms with van der Waals surface area (Å²) in [4.78, 5) is 13.4. The molecule has 0 unspecified atom stereocenters. The van der Waals surface area contributed by atoms with Crippen molar-refractivity contribution in [3.8, 4) is 11.4 Å². The van der Waals surface area contributed by atoms with Gasteiger partial charge in [-0.1, -0.05) is 5.21 Å². The van der Waals surface area contributed by atoms with E-state index in [0.29, 0.717) is 25.2 Å². The minimum atomic E-state index is -3.83. The lowest BCUT2D eigenvalue weighted by molar-refractivity contribution is -0.128. The van der Waals surface area contributed by atoms with Gasteiger partial charge in [0.15, 0.2) is 0 Å². The standard InChI is InChI=1S/C17H18FN9O3S/c18-15-4-3-13(6-14(15)17-20-22-23-21-17)31(29,30)26-9-12(10-26)27-8-11(19-24-27)7-25-5-1-2-16(25)28/h3-4,6,8,12H,1-2,5,7,9-10H2,(H,20,21,22,23). The molecule has 3 aromatic rings. The second-order valence-electron chi connectivity index (χ2n) is 7.46. The molecule has 0 spiro atoms. The van der Waals surface area contributed by atoms with Crippen LogP contribution in [0.3, 0.4) is 0 Å². The fraction of sp³-hybridized carbons (Fsp3) is 0.412. The molecule has 1 aromatic carbocycles. The van der Waals surface area contributed by atoms with Gasteiger partial charge in [-0.15, -0.1) is 15.3 Å². The molecule has 12 nitrogen and oxygen atoms in total. The summed E-state index contributed by atoms with van der Waals surface area (Å²) in [5.74, 6) is -0.564. The Kier molecular flexibility index (Phi) is 4.74. The highest BCUT2D eigenvalue weighted by atomic mass is 32.2. The lowest BCUT2D eigenvalue weighted by Crippen LogP contribution is -2.50. The SMILES string of the molecule is O=C1CCCN1Cc1cn(C2CN(S(=O)(=O)c3ccc(F)c(-c4nn[nH]n4)c3)C2)nn1. The van der Waals surface area contributed by atoms with E-state index in [9.17, 15) is 17.6 Å². The monoisotopic (exact) mass is 447 g/mol. The van der Waals surface area contributed by atoms with Crippen LogP contribution in [0.2, 0.25) is 0 Å². The van der Waals surface area contributed by atoms with Crippen molar-refractivity contribution < 1.29 is 17.6 Å². The fourth-order valence-corrected chi connectivity index (χ4v) is 5.21. The number of aromatic nitrogens is 7. The lowest BCUT2D eigenvalue weighted by atomic mass is 10.2. The topological polar surface area (TPSA) is 143 Å². The summed E-state index contributed by atoms with van der Waals surface area (Å²) in [6.45, 7) is 1.54. The third-order valence-electron chi connectivity index (χ3n) is 5.45.